The first-order valence-corrected chi connectivity index (χ1v) is 4.86. The van der Waals surface area contributed by atoms with Crippen LogP contribution in [0.1, 0.15) is 13.8 Å². The molecule has 1 atom stereocenters. The molecule has 0 amide bonds. The third kappa shape index (κ3) is 2.41. The fourth-order valence-corrected chi connectivity index (χ4v) is 1.30. The molecule has 0 saturated carbocycles. The minimum atomic E-state index is 0.451. The molecule has 0 radical (unpaired) electrons. The number of nitrogens with two attached hydrogens (primary N) is 1. The molecule has 0 aromatic carbocycles. The summed E-state index contributed by atoms with van der Waals surface area (Å²) in [6, 6.07) is 0. The van der Waals surface area contributed by atoms with Gasteiger partial charge in [-0.15, -0.1) is 0 Å². The van der Waals surface area contributed by atoms with E-state index in [1.54, 1.807) is 4.68 Å². The molecule has 1 aromatic heterocycles. The van der Waals surface area contributed by atoms with Crippen molar-refractivity contribution >= 4 is 5.95 Å². The van der Waals surface area contributed by atoms with Crippen LogP contribution in [-0.4, -0.2) is 39.8 Å². The van der Waals surface area contributed by atoms with Gasteiger partial charge in [-0.3, -0.25) is 0 Å². The Labute approximate surface area is 84.1 Å². The maximum atomic E-state index is 5.58. The summed E-state index contributed by atoms with van der Waals surface area (Å²) in [5, 5.41) is 11.4. The van der Waals surface area contributed by atoms with Crippen LogP contribution in [0.15, 0.2) is 0 Å². The molecule has 6 nitrogen and oxygen atoms in total. The molecular formula is C8H18N6. The zero-order chi connectivity index (χ0) is 10.6. The van der Waals surface area contributed by atoms with Crippen LogP contribution in [0.3, 0.4) is 0 Å². The Morgan fingerprint density at radius 3 is 2.71 bits per heavy atom. The van der Waals surface area contributed by atoms with E-state index < -0.39 is 0 Å². The van der Waals surface area contributed by atoms with Crippen molar-refractivity contribution < 1.29 is 0 Å². The Bertz CT molecular complexity index is 271. The summed E-state index contributed by atoms with van der Waals surface area (Å²) in [5.74, 6) is 1.25. The van der Waals surface area contributed by atoms with Gasteiger partial charge in [-0.05, 0) is 29.8 Å². The zero-order valence-corrected chi connectivity index (χ0v) is 9.01. The van der Waals surface area contributed by atoms with E-state index in [-0.39, 0.29) is 0 Å². The van der Waals surface area contributed by atoms with Gasteiger partial charge in [0.15, 0.2) is 0 Å². The first-order chi connectivity index (χ1) is 6.69. The summed E-state index contributed by atoms with van der Waals surface area (Å²) in [7, 11) is 1.84. The Morgan fingerprint density at radius 1 is 1.57 bits per heavy atom. The van der Waals surface area contributed by atoms with Gasteiger partial charge >= 0.3 is 0 Å². The summed E-state index contributed by atoms with van der Waals surface area (Å²) in [5.41, 5.74) is 5.58. The first-order valence-electron chi connectivity index (χ1n) is 4.86. The lowest BCUT2D eigenvalue weighted by molar-refractivity contribution is 0.560. The Kier molecular flexibility index (Phi) is 3.82. The van der Waals surface area contributed by atoms with Crippen LogP contribution >= 0.6 is 0 Å². The number of nitrogens with zero attached hydrogens (tertiary/aromatic N) is 5. The highest BCUT2D eigenvalue weighted by Gasteiger charge is 2.13. The lowest BCUT2D eigenvalue weighted by atomic mass is 10.2. The average Bonchev–Trinajstić information content (AvgIpc) is 2.60. The second-order valence-corrected chi connectivity index (χ2v) is 3.48. The van der Waals surface area contributed by atoms with Crippen LogP contribution < -0.4 is 10.6 Å². The smallest absolute Gasteiger partial charge is 0.245 e. The lowest BCUT2D eigenvalue weighted by Gasteiger charge is -2.23. The van der Waals surface area contributed by atoms with Gasteiger partial charge in [0.25, 0.3) is 0 Å². The van der Waals surface area contributed by atoms with Crippen LogP contribution in [0.4, 0.5) is 5.95 Å². The van der Waals surface area contributed by atoms with E-state index >= 15 is 0 Å². The molecule has 1 unspecified atom stereocenters. The highest BCUT2D eigenvalue weighted by atomic mass is 15.6. The molecule has 0 spiro atoms. The van der Waals surface area contributed by atoms with Gasteiger partial charge in [0.1, 0.15) is 0 Å². The summed E-state index contributed by atoms with van der Waals surface area (Å²) in [6.07, 6.45) is 0. The number of rotatable bonds is 5. The van der Waals surface area contributed by atoms with Crippen molar-refractivity contribution in [1.29, 1.82) is 0 Å². The Balaban J connectivity index is 2.67. The van der Waals surface area contributed by atoms with Gasteiger partial charge in [0, 0.05) is 20.1 Å². The third-order valence-electron chi connectivity index (χ3n) is 2.20. The highest BCUT2D eigenvalue weighted by Crippen LogP contribution is 2.08. The maximum Gasteiger partial charge on any atom is 0.245 e. The van der Waals surface area contributed by atoms with Gasteiger partial charge in [-0.25, -0.2) is 4.68 Å². The van der Waals surface area contributed by atoms with Crippen LogP contribution in [0.2, 0.25) is 0 Å². The number of hydrogen-bond donors (Lipinski definition) is 1. The SMILES string of the molecule is CCN(CC(C)CN)c1nnnn1C. The number of aromatic nitrogens is 4. The fraction of sp³-hybridized carbons (Fsp3) is 0.875. The summed E-state index contributed by atoms with van der Waals surface area (Å²) < 4.78 is 1.67. The van der Waals surface area contributed by atoms with E-state index in [1.165, 1.54) is 0 Å². The van der Waals surface area contributed by atoms with E-state index in [0.717, 1.165) is 19.0 Å². The van der Waals surface area contributed by atoms with Gasteiger partial charge < -0.3 is 10.6 Å². The monoisotopic (exact) mass is 198 g/mol. The predicted molar refractivity (Wildman–Crippen MR) is 54.9 cm³/mol. The standard InChI is InChI=1S/C8H18N6/c1-4-14(6-7(2)5-9)8-10-11-12-13(8)3/h7H,4-6,9H2,1-3H3. The molecule has 0 aliphatic heterocycles. The topological polar surface area (TPSA) is 72.9 Å². The van der Waals surface area contributed by atoms with E-state index in [0.29, 0.717) is 12.5 Å². The van der Waals surface area contributed by atoms with E-state index in [2.05, 4.69) is 34.3 Å². The van der Waals surface area contributed by atoms with Gasteiger partial charge in [0.2, 0.25) is 5.95 Å². The number of anilines is 1. The maximum absolute atomic E-state index is 5.58. The van der Waals surface area contributed by atoms with E-state index in [1.807, 2.05) is 7.05 Å². The number of hydrogen-bond acceptors (Lipinski definition) is 5. The molecule has 1 rings (SSSR count). The van der Waals surface area contributed by atoms with Crippen LogP contribution in [0.25, 0.3) is 0 Å². The molecule has 0 aliphatic carbocycles. The second-order valence-electron chi connectivity index (χ2n) is 3.48. The minimum absolute atomic E-state index is 0.451. The molecule has 0 aliphatic rings. The summed E-state index contributed by atoms with van der Waals surface area (Å²) in [4.78, 5) is 2.12. The average molecular weight is 198 g/mol. The molecule has 80 valence electrons. The minimum Gasteiger partial charge on any atom is -0.340 e. The number of aryl methyl sites for hydroxylation is 1. The van der Waals surface area contributed by atoms with E-state index in [9.17, 15) is 0 Å². The van der Waals surface area contributed by atoms with Crippen molar-refractivity contribution in [1.82, 2.24) is 20.2 Å². The molecule has 1 aromatic rings. The molecule has 0 fully saturated rings. The Morgan fingerprint density at radius 2 is 2.29 bits per heavy atom. The lowest BCUT2D eigenvalue weighted by Crippen LogP contribution is -2.33. The van der Waals surface area contributed by atoms with Crippen LogP contribution in [-0.2, 0) is 7.05 Å². The second kappa shape index (κ2) is 4.90. The fourth-order valence-electron chi connectivity index (χ4n) is 1.30. The number of tetrazole rings is 1. The molecule has 2 N–H and O–H groups in total. The quantitative estimate of drug-likeness (QED) is 0.699. The first kappa shape index (κ1) is 10.9. The molecule has 14 heavy (non-hydrogen) atoms. The summed E-state index contributed by atoms with van der Waals surface area (Å²) >= 11 is 0. The van der Waals surface area contributed by atoms with Crippen molar-refractivity contribution in [2.75, 3.05) is 24.5 Å². The summed E-state index contributed by atoms with van der Waals surface area (Å²) in [6.45, 7) is 6.66. The largest absolute Gasteiger partial charge is 0.340 e. The van der Waals surface area contributed by atoms with Crippen molar-refractivity contribution in [2.45, 2.75) is 13.8 Å². The van der Waals surface area contributed by atoms with Crippen molar-refractivity contribution in [3.63, 3.8) is 0 Å². The molecule has 0 bridgehead atoms. The van der Waals surface area contributed by atoms with Crippen molar-refractivity contribution in [3.05, 3.63) is 0 Å². The van der Waals surface area contributed by atoms with Crippen LogP contribution in [0.5, 0.6) is 0 Å². The highest BCUT2D eigenvalue weighted by molar-refractivity contribution is 5.27. The zero-order valence-electron chi connectivity index (χ0n) is 9.01. The van der Waals surface area contributed by atoms with Crippen molar-refractivity contribution in [3.8, 4) is 0 Å². The Hall–Kier alpha value is -1.17. The normalized spacial score (nSPS) is 12.9. The molecule has 0 saturated heterocycles. The van der Waals surface area contributed by atoms with Gasteiger partial charge in [-0.1, -0.05) is 12.0 Å². The molecule has 6 heteroatoms. The van der Waals surface area contributed by atoms with Crippen molar-refractivity contribution in [2.24, 2.45) is 18.7 Å². The van der Waals surface area contributed by atoms with E-state index in [4.69, 9.17) is 5.73 Å². The predicted octanol–water partition coefficient (Wildman–Crippen LogP) is -0.369. The third-order valence-corrected chi connectivity index (χ3v) is 2.20. The van der Waals surface area contributed by atoms with Crippen LogP contribution in [0, 0.1) is 5.92 Å². The van der Waals surface area contributed by atoms with Gasteiger partial charge in [0.05, 0.1) is 0 Å². The van der Waals surface area contributed by atoms with Gasteiger partial charge in [-0.2, -0.15) is 0 Å². The molecular weight excluding hydrogens is 180 g/mol. The molecule has 1 heterocycles.